The lowest BCUT2D eigenvalue weighted by Gasteiger charge is -2.34. The van der Waals surface area contributed by atoms with E-state index in [1.54, 1.807) is 6.07 Å². The summed E-state index contributed by atoms with van der Waals surface area (Å²) in [4.78, 5) is 17.0. The Morgan fingerprint density at radius 1 is 1.07 bits per heavy atom. The van der Waals surface area contributed by atoms with Gasteiger partial charge in [0, 0.05) is 54.5 Å². The van der Waals surface area contributed by atoms with Crippen molar-refractivity contribution in [1.29, 1.82) is 0 Å². The van der Waals surface area contributed by atoms with Crippen LogP contribution in [0.2, 0.25) is 0 Å². The first-order valence-corrected chi connectivity index (χ1v) is 9.14. The minimum absolute atomic E-state index is 0.213. The van der Waals surface area contributed by atoms with E-state index in [2.05, 4.69) is 39.6 Å². The minimum atomic E-state index is -0.355. The number of hydrogen-bond acceptors (Lipinski definition) is 4. The Bertz CT molecular complexity index is 899. The summed E-state index contributed by atoms with van der Waals surface area (Å²) < 4.78 is 13.6. The first-order chi connectivity index (χ1) is 13.0. The van der Waals surface area contributed by atoms with Gasteiger partial charge in [-0.15, -0.1) is 0 Å². The second kappa shape index (κ2) is 7.04. The average molecular weight is 366 g/mol. The van der Waals surface area contributed by atoms with E-state index in [0.29, 0.717) is 22.5 Å². The Labute approximate surface area is 158 Å². The standard InChI is InChI=1S/C21H23FN4O/c1-14(20-18-13-15(22)3-8-19(18)24-21(20)27)23-16-4-6-17(7-5-16)26-11-9-25(2)10-12-26/h3-8,13,23H,9-12H2,1-2H3,(H,24,27)/b20-14-. The number of fused-ring (bicyclic) bond motifs is 1. The number of nitrogens with one attached hydrogen (secondary N) is 2. The number of carbonyl (C=O) groups is 1. The molecule has 2 aliphatic rings. The molecule has 1 amide bonds. The molecule has 2 aromatic carbocycles. The molecular formula is C21H23FN4O. The Hall–Kier alpha value is -2.86. The normalized spacial score (nSPS) is 18.9. The molecule has 0 unspecified atom stereocenters. The average Bonchev–Trinajstić information content (AvgIpc) is 2.98. The number of rotatable bonds is 3. The maximum atomic E-state index is 13.6. The van der Waals surface area contributed by atoms with Crippen molar-refractivity contribution < 1.29 is 9.18 Å². The van der Waals surface area contributed by atoms with Gasteiger partial charge in [-0.2, -0.15) is 0 Å². The molecule has 4 rings (SSSR count). The van der Waals surface area contributed by atoms with Gasteiger partial charge in [-0.1, -0.05) is 0 Å². The lowest BCUT2D eigenvalue weighted by Crippen LogP contribution is -2.44. The number of allylic oxidation sites excluding steroid dienone is 1. The number of likely N-dealkylation sites (N-methyl/N-ethyl adjacent to an activating group) is 1. The van der Waals surface area contributed by atoms with Crippen LogP contribution in [0.4, 0.5) is 21.5 Å². The number of hydrogen-bond donors (Lipinski definition) is 2. The third-order valence-corrected chi connectivity index (χ3v) is 5.17. The molecule has 27 heavy (non-hydrogen) atoms. The van der Waals surface area contributed by atoms with Gasteiger partial charge in [-0.25, -0.2) is 4.39 Å². The van der Waals surface area contributed by atoms with Crippen molar-refractivity contribution in [1.82, 2.24) is 4.90 Å². The topological polar surface area (TPSA) is 47.6 Å². The molecule has 2 aromatic rings. The number of amides is 1. The second-order valence-corrected chi connectivity index (χ2v) is 7.11. The fraction of sp³-hybridized carbons (Fsp3) is 0.286. The Kier molecular flexibility index (Phi) is 4.58. The zero-order valence-corrected chi connectivity index (χ0v) is 15.6. The molecule has 0 spiro atoms. The van der Waals surface area contributed by atoms with Crippen LogP contribution in [0.15, 0.2) is 48.2 Å². The highest BCUT2D eigenvalue weighted by molar-refractivity contribution is 6.32. The van der Waals surface area contributed by atoms with Gasteiger partial charge >= 0.3 is 0 Å². The predicted octanol–water partition coefficient (Wildman–Crippen LogP) is 3.37. The van der Waals surface area contributed by atoms with E-state index in [4.69, 9.17) is 0 Å². The van der Waals surface area contributed by atoms with Gasteiger partial charge in [-0.3, -0.25) is 4.79 Å². The number of piperazine rings is 1. The Balaban J connectivity index is 1.53. The zero-order valence-electron chi connectivity index (χ0n) is 15.6. The summed E-state index contributed by atoms with van der Waals surface area (Å²) in [6.45, 7) is 6.01. The summed E-state index contributed by atoms with van der Waals surface area (Å²) in [6.07, 6.45) is 0. The Morgan fingerprint density at radius 2 is 1.78 bits per heavy atom. The Morgan fingerprint density at radius 3 is 2.48 bits per heavy atom. The van der Waals surface area contributed by atoms with Gasteiger partial charge in [0.25, 0.3) is 5.91 Å². The number of anilines is 3. The monoisotopic (exact) mass is 366 g/mol. The van der Waals surface area contributed by atoms with Crippen molar-refractivity contribution in [3.8, 4) is 0 Å². The first kappa shape index (κ1) is 17.5. The zero-order chi connectivity index (χ0) is 19.0. The van der Waals surface area contributed by atoms with Crippen molar-refractivity contribution in [3.63, 3.8) is 0 Å². The minimum Gasteiger partial charge on any atom is -0.369 e. The number of carbonyl (C=O) groups excluding carboxylic acids is 1. The quantitative estimate of drug-likeness (QED) is 0.818. The fourth-order valence-electron chi connectivity index (χ4n) is 3.61. The second-order valence-electron chi connectivity index (χ2n) is 7.11. The molecule has 2 aliphatic heterocycles. The van der Waals surface area contributed by atoms with Crippen LogP contribution in [0.1, 0.15) is 12.5 Å². The van der Waals surface area contributed by atoms with Gasteiger partial charge in [0.05, 0.1) is 5.57 Å². The maximum absolute atomic E-state index is 13.6. The lowest BCUT2D eigenvalue weighted by atomic mass is 10.1. The van der Waals surface area contributed by atoms with Gasteiger partial charge in [0.1, 0.15) is 5.82 Å². The summed E-state index contributed by atoms with van der Waals surface area (Å²) >= 11 is 0. The predicted molar refractivity (Wildman–Crippen MR) is 107 cm³/mol. The molecular weight excluding hydrogens is 343 g/mol. The van der Waals surface area contributed by atoms with Crippen LogP contribution in [0.25, 0.3) is 5.57 Å². The molecule has 0 aliphatic carbocycles. The van der Waals surface area contributed by atoms with Crippen LogP contribution in [-0.2, 0) is 4.79 Å². The third kappa shape index (κ3) is 3.53. The van der Waals surface area contributed by atoms with Crippen molar-refractivity contribution in [2.24, 2.45) is 0 Å². The first-order valence-electron chi connectivity index (χ1n) is 9.14. The summed E-state index contributed by atoms with van der Waals surface area (Å²) in [5.74, 6) is -0.568. The van der Waals surface area contributed by atoms with Crippen molar-refractivity contribution in [2.45, 2.75) is 6.92 Å². The van der Waals surface area contributed by atoms with E-state index in [-0.39, 0.29) is 11.7 Å². The van der Waals surface area contributed by atoms with E-state index < -0.39 is 0 Å². The van der Waals surface area contributed by atoms with E-state index >= 15 is 0 Å². The van der Waals surface area contributed by atoms with Gasteiger partial charge in [0.2, 0.25) is 0 Å². The maximum Gasteiger partial charge on any atom is 0.258 e. The van der Waals surface area contributed by atoms with E-state index in [0.717, 1.165) is 31.9 Å². The van der Waals surface area contributed by atoms with E-state index in [1.807, 2.05) is 19.1 Å². The molecule has 2 N–H and O–H groups in total. The molecule has 0 bridgehead atoms. The molecule has 0 saturated carbocycles. The summed E-state index contributed by atoms with van der Waals surface area (Å²) in [5, 5.41) is 6.06. The van der Waals surface area contributed by atoms with Crippen LogP contribution in [0, 0.1) is 5.82 Å². The van der Waals surface area contributed by atoms with Crippen molar-refractivity contribution in [3.05, 3.63) is 59.5 Å². The van der Waals surface area contributed by atoms with Crippen LogP contribution < -0.4 is 15.5 Å². The van der Waals surface area contributed by atoms with Gasteiger partial charge in [0.15, 0.2) is 0 Å². The van der Waals surface area contributed by atoms with Crippen molar-refractivity contribution in [2.75, 3.05) is 48.8 Å². The highest BCUT2D eigenvalue weighted by Gasteiger charge is 2.26. The molecule has 5 nitrogen and oxygen atoms in total. The van der Waals surface area contributed by atoms with Crippen LogP contribution in [-0.4, -0.2) is 44.0 Å². The molecule has 2 heterocycles. The van der Waals surface area contributed by atoms with Crippen LogP contribution in [0.5, 0.6) is 0 Å². The molecule has 1 saturated heterocycles. The molecule has 0 radical (unpaired) electrons. The van der Waals surface area contributed by atoms with Crippen LogP contribution >= 0.6 is 0 Å². The number of benzene rings is 2. The molecule has 0 atom stereocenters. The molecule has 140 valence electrons. The third-order valence-electron chi connectivity index (χ3n) is 5.17. The fourth-order valence-corrected chi connectivity index (χ4v) is 3.61. The van der Waals surface area contributed by atoms with Crippen molar-refractivity contribution >= 4 is 28.5 Å². The molecule has 1 fully saturated rings. The SMILES string of the molecule is C/C(Nc1ccc(N2CCN(C)CC2)cc1)=C1/C(=O)Nc2ccc(F)cc21. The number of nitrogens with zero attached hydrogens (tertiary/aromatic N) is 2. The van der Waals surface area contributed by atoms with E-state index in [9.17, 15) is 9.18 Å². The highest BCUT2D eigenvalue weighted by atomic mass is 19.1. The highest BCUT2D eigenvalue weighted by Crippen LogP contribution is 2.34. The molecule has 6 heteroatoms. The lowest BCUT2D eigenvalue weighted by molar-refractivity contribution is -0.110. The summed E-state index contributed by atoms with van der Waals surface area (Å²) in [6, 6.07) is 12.5. The summed E-state index contributed by atoms with van der Waals surface area (Å²) in [7, 11) is 2.14. The van der Waals surface area contributed by atoms with Gasteiger partial charge < -0.3 is 20.4 Å². The van der Waals surface area contributed by atoms with Gasteiger partial charge in [-0.05, 0) is 56.4 Å². The number of halogens is 1. The van der Waals surface area contributed by atoms with Crippen LogP contribution in [0.3, 0.4) is 0 Å². The largest absolute Gasteiger partial charge is 0.369 e. The smallest absolute Gasteiger partial charge is 0.258 e. The molecule has 0 aromatic heterocycles. The summed E-state index contributed by atoms with van der Waals surface area (Å²) in [5.41, 5.74) is 4.51. The van der Waals surface area contributed by atoms with E-state index in [1.165, 1.54) is 17.8 Å².